The fraction of sp³-hybridized carbons (Fsp3) is 0.182. The normalized spacial score (nSPS) is 12.3. The van der Waals surface area contributed by atoms with E-state index in [9.17, 15) is 8.42 Å². The molecule has 3 aromatic rings. The summed E-state index contributed by atoms with van der Waals surface area (Å²) in [6, 6.07) is 20.0. The van der Waals surface area contributed by atoms with Gasteiger partial charge in [-0.25, -0.2) is 8.42 Å². The largest absolute Gasteiger partial charge is 0.493 e. The third kappa shape index (κ3) is 4.33. The summed E-state index contributed by atoms with van der Waals surface area (Å²) in [6.45, 7) is 1.83. The van der Waals surface area contributed by atoms with Crippen LogP contribution in [0.5, 0.6) is 11.5 Å². The van der Waals surface area contributed by atoms with Gasteiger partial charge in [-0.2, -0.15) is 0 Å². The zero-order valence-corrected chi connectivity index (χ0v) is 17.9. The summed E-state index contributed by atoms with van der Waals surface area (Å²) in [5.74, 6) is 0.967. The molecule has 0 N–H and O–H groups in total. The Morgan fingerprint density at radius 2 is 1.48 bits per heavy atom. The van der Waals surface area contributed by atoms with E-state index in [0.717, 1.165) is 5.56 Å². The van der Waals surface area contributed by atoms with Gasteiger partial charge in [0.05, 0.1) is 30.8 Å². The van der Waals surface area contributed by atoms with Gasteiger partial charge in [-0.05, 0) is 48.9 Å². The minimum atomic E-state index is -3.85. The van der Waals surface area contributed by atoms with E-state index in [1.165, 1.54) is 18.5 Å². The second-order valence-corrected chi connectivity index (χ2v) is 8.63. The number of ether oxygens (including phenoxy) is 2. The van der Waals surface area contributed by atoms with Crippen LogP contribution in [-0.4, -0.2) is 22.6 Å². The number of halogens is 1. The Kier molecular flexibility index (Phi) is 6.35. The summed E-state index contributed by atoms with van der Waals surface area (Å²) in [6.07, 6.45) is 0. The van der Waals surface area contributed by atoms with Gasteiger partial charge in [0.1, 0.15) is 0 Å². The van der Waals surface area contributed by atoms with Crippen LogP contribution in [0.1, 0.15) is 18.5 Å². The van der Waals surface area contributed by atoms with E-state index in [-0.39, 0.29) is 4.90 Å². The van der Waals surface area contributed by atoms with Crippen molar-refractivity contribution in [3.8, 4) is 11.5 Å². The quantitative estimate of drug-likeness (QED) is 0.508. The van der Waals surface area contributed by atoms with Crippen molar-refractivity contribution in [1.29, 1.82) is 0 Å². The van der Waals surface area contributed by atoms with Crippen LogP contribution in [0.15, 0.2) is 77.7 Å². The lowest BCUT2D eigenvalue weighted by Crippen LogP contribution is -2.33. The summed E-state index contributed by atoms with van der Waals surface area (Å²) in [4.78, 5) is 0.204. The van der Waals surface area contributed by atoms with Crippen LogP contribution in [0, 0.1) is 0 Å². The average Bonchev–Trinajstić information content (AvgIpc) is 2.74. The fourth-order valence-corrected chi connectivity index (χ4v) is 4.90. The molecule has 0 heterocycles. The molecule has 7 heteroatoms. The Balaban J connectivity index is 2.18. The Hall–Kier alpha value is -2.70. The van der Waals surface area contributed by atoms with Gasteiger partial charge in [0.2, 0.25) is 0 Å². The van der Waals surface area contributed by atoms with Crippen molar-refractivity contribution in [1.82, 2.24) is 0 Å². The van der Waals surface area contributed by atoms with Crippen LogP contribution in [0.3, 0.4) is 0 Å². The number of nitrogens with zero attached hydrogens (tertiary/aromatic N) is 1. The molecular formula is C22H22ClNO4S. The molecule has 0 saturated carbocycles. The molecule has 0 aliphatic heterocycles. The van der Waals surface area contributed by atoms with Gasteiger partial charge in [-0.3, -0.25) is 4.31 Å². The molecule has 0 aromatic heterocycles. The summed E-state index contributed by atoms with van der Waals surface area (Å²) in [7, 11) is -0.804. The Morgan fingerprint density at radius 1 is 0.862 bits per heavy atom. The first kappa shape index (κ1) is 21.0. The molecule has 0 unspecified atom stereocenters. The van der Waals surface area contributed by atoms with Gasteiger partial charge in [0, 0.05) is 11.1 Å². The first-order valence-electron chi connectivity index (χ1n) is 8.95. The number of methoxy groups -OCH3 is 2. The molecule has 29 heavy (non-hydrogen) atoms. The van der Waals surface area contributed by atoms with Crippen molar-refractivity contribution < 1.29 is 17.9 Å². The lowest BCUT2D eigenvalue weighted by molar-refractivity contribution is 0.355. The van der Waals surface area contributed by atoms with E-state index in [0.29, 0.717) is 22.2 Å². The summed E-state index contributed by atoms with van der Waals surface area (Å²) in [5, 5.41) is 0.588. The van der Waals surface area contributed by atoms with E-state index in [2.05, 4.69) is 0 Å². The minimum Gasteiger partial charge on any atom is -0.493 e. The van der Waals surface area contributed by atoms with Crippen LogP contribution in [0.25, 0.3) is 0 Å². The lowest BCUT2D eigenvalue weighted by atomic mass is 10.1. The van der Waals surface area contributed by atoms with Crippen LogP contribution < -0.4 is 13.8 Å². The van der Waals surface area contributed by atoms with E-state index in [4.69, 9.17) is 21.1 Å². The molecule has 0 fully saturated rings. The molecule has 3 rings (SSSR count). The molecule has 1 atom stereocenters. The third-order valence-electron chi connectivity index (χ3n) is 4.63. The van der Waals surface area contributed by atoms with E-state index in [1.807, 2.05) is 19.1 Å². The Morgan fingerprint density at radius 3 is 2.07 bits per heavy atom. The lowest BCUT2D eigenvalue weighted by Gasteiger charge is -2.31. The minimum absolute atomic E-state index is 0.204. The highest BCUT2D eigenvalue weighted by molar-refractivity contribution is 7.92. The van der Waals surface area contributed by atoms with Crippen molar-refractivity contribution in [3.05, 3.63) is 83.4 Å². The van der Waals surface area contributed by atoms with Gasteiger partial charge >= 0.3 is 0 Å². The van der Waals surface area contributed by atoms with Crippen LogP contribution in [0.4, 0.5) is 5.69 Å². The van der Waals surface area contributed by atoms with Gasteiger partial charge in [0.25, 0.3) is 10.0 Å². The molecule has 5 nitrogen and oxygen atoms in total. The number of hydrogen-bond acceptors (Lipinski definition) is 4. The van der Waals surface area contributed by atoms with Gasteiger partial charge in [-0.15, -0.1) is 0 Å². The predicted molar refractivity (Wildman–Crippen MR) is 116 cm³/mol. The fourth-order valence-electron chi connectivity index (χ4n) is 3.12. The maximum atomic E-state index is 13.6. The molecule has 0 radical (unpaired) electrons. The van der Waals surface area contributed by atoms with Crippen LogP contribution >= 0.6 is 11.6 Å². The summed E-state index contributed by atoms with van der Waals surface area (Å²) in [5.41, 5.74) is 1.28. The van der Waals surface area contributed by atoms with E-state index >= 15 is 0 Å². The molecule has 0 saturated heterocycles. The molecule has 0 aliphatic rings. The van der Waals surface area contributed by atoms with Crippen molar-refractivity contribution >= 4 is 27.3 Å². The molecule has 152 valence electrons. The predicted octanol–water partition coefficient (Wildman–Crippen LogP) is 5.31. The van der Waals surface area contributed by atoms with Crippen LogP contribution in [-0.2, 0) is 10.0 Å². The maximum absolute atomic E-state index is 13.6. The molecular weight excluding hydrogens is 410 g/mol. The van der Waals surface area contributed by atoms with Crippen molar-refractivity contribution in [3.63, 3.8) is 0 Å². The Labute approximate surface area is 176 Å². The standard InChI is InChI=1S/C22H22ClNO4S/c1-16(17-9-11-18(23)12-10-17)24(29(25,26)20-7-5-4-6-8-20)19-13-14-21(27-2)22(15-19)28-3/h4-16H,1-3H3/t16-/m0/s1. The van der Waals surface area contributed by atoms with Crippen molar-refractivity contribution in [2.75, 3.05) is 18.5 Å². The smallest absolute Gasteiger partial charge is 0.264 e. The zero-order valence-electron chi connectivity index (χ0n) is 16.4. The molecule has 0 spiro atoms. The number of rotatable bonds is 7. The highest BCUT2D eigenvalue weighted by Crippen LogP contribution is 2.38. The number of hydrogen-bond donors (Lipinski definition) is 0. The molecule has 0 bridgehead atoms. The summed E-state index contributed by atoms with van der Waals surface area (Å²) < 4.78 is 39.2. The third-order valence-corrected chi connectivity index (χ3v) is 6.79. The maximum Gasteiger partial charge on any atom is 0.264 e. The molecule has 0 amide bonds. The van der Waals surface area contributed by atoms with Crippen molar-refractivity contribution in [2.45, 2.75) is 17.9 Å². The van der Waals surface area contributed by atoms with E-state index in [1.54, 1.807) is 60.7 Å². The van der Waals surface area contributed by atoms with Crippen LogP contribution in [0.2, 0.25) is 5.02 Å². The van der Waals surface area contributed by atoms with Crippen molar-refractivity contribution in [2.24, 2.45) is 0 Å². The average molecular weight is 432 g/mol. The molecule has 3 aromatic carbocycles. The summed E-state index contributed by atoms with van der Waals surface area (Å²) >= 11 is 6.01. The number of anilines is 1. The van der Waals surface area contributed by atoms with Gasteiger partial charge < -0.3 is 9.47 Å². The first-order chi connectivity index (χ1) is 13.9. The highest BCUT2D eigenvalue weighted by atomic mass is 35.5. The zero-order chi connectivity index (χ0) is 21.0. The SMILES string of the molecule is COc1ccc(N([C@@H](C)c2ccc(Cl)cc2)S(=O)(=O)c2ccccc2)cc1OC. The Bertz CT molecular complexity index is 1070. The molecule has 0 aliphatic carbocycles. The van der Waals surface area contributed by atoms with Gasteiger partial charge in [0.15, 0.2) is 11.5 Å². The number of benzene rings is 3. The van der Waals surface area contributed by atoms with Gasteiger partial charge in [-0.1, -0.05) is 41.9 Å². The monoisotopic (exact) mass is 431 g/mol. The number of sulfonamides is 1. The van der Waals surface area contributed by atoms with E-state index < -0.39 is 16.1 Å². The topological polar surface area (TPSA) is 55.8 Å². The second kappa shape index (κ2) is 8.76. The second-order valence-electron chi connectivity index (χ2n) is 6.38. The highest BCUT2D eigenvalue weighted by Gasteiger charge is 2.31. The first-order valence-corrected chi connectivity index (χ1v) is 10.8.